The van der Waals surface area contributed by atoms with Crippen LogP contribution < -0.4 is 5.32 Å². The molecular weight excluding hydrogens is 691 g/mol. The molecule has 0 rings (SSSR count). The number of aliphatic hydroxyl groups is 3. The summed E-state index contributed by atoms with van der Waals surface area (Å²) in [6.45, 7) is 4.21. The molecule has 1 amide bonds. The van der Waals surface area contributed by atoms with Crippen LogP contribution in [0.25, 0.3) is 0 Å². The van der Waals surface area contributed by atoms with Gasteiger partial charge in [0.1, 0.15) is 0 Å². The van der Waals surface area contributed by atoms with Gasteiger partial charge in [0.2, 0.25) is 5.91 Å². The lowest BCUT2D eigenvalue weighted by atomic mass is 10.0. The van der Waals surface area contributed by atoms with Crippen molar-refractivity contribution in [2.24, 2.45) is 0 Å². The molecule has 0 aromatic carbocycles. The molecule has 3 unspecified atom stereocenters. The summed E-state index contributed by atoms with van der Waals surface area (Å²) in [5.74, 6) is -0.334. The number of carbonyl (C=O) groups excluding carboxylic acids is 1. The van der Waals surface area contributed by atoms with E-state index in [2.05, 4.69) is 55.6 Å². The molecule has 56 heavy (non-hydrogen) atoms. The van der Waals surface area contributed by atoms with Crippen LogP contribution in [0.2, 0.25) is 0 Å². The third-order valence-electron chi connectivity index (χ3n) is 11.1. The van der Waals surface area contributed by atoms with Gasteiger partial charge in [-0.3, -0.25) is 4.79 Å². The smallest absolute Gasteiger partial charge is 0.222 e. The summed E-state index contributed by atoms with van der Waals surface area (Å²) >= 11 is 0. The summed E-state index contributed by atoms with van der Waals surface area (Å²) in [5, 5.41) is 33.3. The van der Waals surface area contributed by atoms with Crippen LogP contribution in [0.5, 0.6) is 0 Å². The molecule has 0 saturated carbocycles. The maximum absolute atomic E-state index is 12.5. The first-order valence-electron chi connectivity index (χ1n) is 24.4. The van der Waals surface area contributed by atoms with Crippen molar-refractivity contribution in [2.45, 2.75) is 263 Å². The van der Waals surface area contributed by atoms with Crippen LogP contribution in [-0.2, 0) is 4.79 Å². The highest BCUT2D eigenvalue weighted by atomic mass is 16.3. The Morgan fingerprint density at radius 1 is 0.446 bits per heavy atom. The summed E-state index contributed by atoms with van der Waals surface area (Å²) in [7, 11) is 0. The number of allylic oxidation sites excluding steroid dienone is 7. The molecule has 0 bridgehead atoms. The molecule has 0 aliphatic carbocycles. The van der Waals surface area contributed by atoms with Crippen molar-refractivity contribution in [3.63, 3.8) is 0 Å². The highest BCUT2D eigenvalue weighted by Crippen LogP contribution is 2.15. The summed E-state index contributed by atoms with van der Waals surface area (Å²) in [4.78, 5) is 12.5. The molecule has 0 saturated heterocycles. The molecule has 5 heteroatoms. The van der Waals surface area contributed by atoms with Crippen LogP contribution in [0.3, 0.4) is 0 Å². The average molecular weight is 786 g/mol. The van der Waals surface area contributed by atoms with Gasteiger partial charge in [0.25, 0.3) is 0 Å². The first-order chi connectivity index (χ1) is 27.5. The predicted octanol–water partition coefficient (Wildman–Crippen LogP) is 14.5. The Kier molecular flexibility index (Phi) is 44.6. The molecule has 0 aliphatic heterocycles. The van der Waals surface area contributed by atoms with E-state index in [1.165, 1.54) is 167 Å². The Bertz CT molecular complexity index is 912. The molecule has 0 radical (unpaired) electrons. The molecule has 328 valence electrons. The van der Waals surface area contributed by atoms with E-state index in [9.17, 15) is 20.1 Å². The first-order valence-corrected chi connectivity index (χ1v) is 24.4. The van der Waals surface area contributed by atoms with Gasteiger partial charge in [-0.25, -0.2) is 0 Å². The molecule has 5 nitrogen and oxygen atoms in total. The fourth-order valence-corrected chi connectivity index (χ4v) is 7.31. The van der Waals surface area contributed by atoms with E-state index in [4.69, 9.17) is 0 Å². The summed E-state index contributed by atoms with van der Waals surface area (Å²) in [6, 6.07) is -0.771. The summed E-state index contributed by atoms with van der Waals surface area (Å²) in [5.41, 5.74) is 0. The van der Waals surface area contributed by atoms with Crippen LogP contribution in [0.1, 0.15) is 245 Å². The van der Waals surface area contributed by atoms with Crippen molar-refractivity contribution < 1.29 is 20.1 Å². The second-order valence-corrected chi connectivity index (χ2v) is 16.7. The van der Waals surface area contributed by atoms with E-state index in [1.807, 2.05) is 6.08 Å². The van der Waals surface area contributed by atoms with E-state index in [0.29, 0.717) is 6.42 Å². The number of rotatable bonds is 44. The average Bonchev–Trinajstić information content (AvgIpc) is 3.19. The molecule has 0 heterocycles. The second-order valence-electron chi connectivity index (χ2n) is 16.7. The third kappa shape index (κ3) is 41.9. The van der Waals surface area contributed by atoms with E-state index >= 15 is 0 Å². The van der Waals surface area contributed by atoms with Crippen molar-refractivity contribution in [3.8, 4) is 0 Å². The molecule has 0 aromatic heterocycles. The van der Waals surface area contributed by atoms with Gasteiger partial charge in [0.15, 0.2) is 0 Å². The van der Waals surface area contributed by atoms with Gasteiger partial charge >= 0.3 is 0 Å². The predicted molar refractivity (Wildman–Crippen MR) is 245 cm³/mol. The lowest BCUT2D eigenvalue weighted by molar-refractivity contribution is -0.124. The van der Waals surface area contributed by atoms with Crippen molar-refractivity contribution >= 4 is 5.91 Å². The van der Waals surface area contributed by atoms with Crippen LogP contribution in [0.15, 0.2) is 48.6 Å². The lowest BCUT2D eigenvalue weighted by Gasteiger charge is -2.20. The molecule has 3 atom stereocenters. The number of nitrogens with one attached hydrogen (secondary N) is 1. The fraction of sp³-hybridized carbons (Fsp3) is 0.824. The third-order valence-corrected chi connectivity index (χ3v) is 11.1. The molecule has 0 spiro atoms. The first kappa shape index (κ1) is 54.3. The number of hydrogen-bond acceptors (Lipinski definition) is 4. The number of amides is 1. The van der Waals surface area contributed by atoms with Gasteiger partial charge < -0.3 is 20.6 Å². The largest absolute Gasteiger partial charge is 0.394 e. The quantitative estimate of drug-likeness (QED) is 0.0366. The topological polar surface area (TPSA) is 89.8 Å². The van der Waals surface area contributed by atoms with Crippen LogP contribution >= 0.6 is 0 Å². The van der Waals surface area contributed by atoms with Gasteiger partial charge in [-0.05, 0) is 70.6 Å². The van der Waals surface area contributed by atoms with Crippen molar-refractivity contribution in [2.75, 3.05) is 6.61 Å². The zero-order chi connectivity index (χ0) is 40.8. The standard InChI is InChI=1S/C51H95NO4/c1-3-5-7-9-11-13-15-17-19-21-23-25-26-28-30-32-34-36-38-40-42-44-48(54)46-51(56)52-49(47-53)50(55)45-43-41-39-37-35-33-31-29-27-24-22-20-18-16-14-12-10-8-6-4-2/h27-30,35,37,43,45,48-50,53-55H,3-26,31-34,36,38-42,44,46-47H2,1-2H3,(H,52,56)/b29-27+,30-28-,37-35+,45-43+. The molecule has 0 fully saturated rings. The summed E-state index contributed by atoms with van der Waals surface area (Å²) in [6.07, 6.45) is 59.8. The highest BCUT2D eigenvalue weighted by molar-refractivity contribution is 5.76. The normalized spacial score (nSPS) is 13.9. The maximum atomic E-state index is 12.5. The number of carbonyl (C=O) groups is 1. The molecule has 0 aromatic rings. The second kappa shape index (κ2) is 46.0. The summed E-state index contributed by atoms with van der Waals surface area (Å²) < 4.78 is 0. The molecule has 4 N–H and O–H groups in total. The maximum Gasteiger partial charge on any atom is 0.222 e. The van der Waals surface area contributed by atoms with Gasteiger partial charge in [-0.1, -0.05) is 217 Å². The van der Waals surface area contributed by atoms with E-state index in [1.54, 1.807) is 6.08 Å². The zero-order valence-electron chi connectivity index (χ0n) is 37.3. The van der Waals surface area contributed by atoms with Gasteiger partial charge in [-0.2, -0.15) is 0 Å². The van der Waals surface area contributed by atoms with Crippen molar-refractivity contribution in [3.05, 3.63) is 48.6 Å². The number of hydrogen-bond donors (Lipinski definition) is 4. The minimum atomic E-state index is -0.963. The van der Waals surface area contributed by atoms with Crippen molar-refractivity contribution in [1.29, 1.82) is 0 Å². The number of unbranched alkanes of at least 4 members (excludes halogenated alkanes) is 29. The Morgan fingerprint density at radius 3 is 1.14 bits per heavy atom. The Morgan fingerprint density at radius 2 is 0.768 bits per heavy atom. The van der Waals surface area contributed by atoms with Crippen molar-refractivity contribution in [1.82, 2.24) is 5.32 Å². The van der Waals surface area contributed by atoms with E-state index in [0.717, 1.165) is 51.4 Å². The van der Waals surface area contributed by atoms with Crippen LogP contribution in [-0.4, -0.2) is 46.1 Å². The minimum Gasteiger partial charge on any atom is -0.394 e. The van der Waals surface area contributed by atoms with Gasteiger partial charge in [0, 0.05) is 0 Å². The number of aliphatic hydroxyl groups excluding tert-OH is 3. The SMILES string of the molecule is CCCCCCCCCCCC/C=C/CC/C=C/CC/C=C/C(O)C(CO)NC(=O)CC(O)CCCCCCC/C=C\CCCCCCCCCCCCCC. The highest BCUT2D eigenvalue weighted by Gasteiger charge is 2.20. The van der Waals surface area contributed by atoms with E-state index < -0.39 is 18.2 Å². The van der Waals surface area contributed by atoms with E-state index in [-0.39, 0.29) is 18.9 Å². The van der Waals surface area contributed by atoms with Crippen LogP contribution in [0.4, 0.5) is 0 Å². The van der Waals surface area contributed by atoms with Gasteiger partial charge in [-0.15, -0.1) is 0 Å². The minimum absolute atomic E-state index is 0.00376. The Balaban J connectivity index is 3.71. The van der Waals surface area contributed by atoms with Crippen LogP contribution in [0, 0.1) is 0 Å². The lowest BCUT2D eigenvalue weighted by Crippen LogP contribution is -2.45. The monoisotopic (exact) mass is 786 g/mol. The Hall–Kier alpha value is -1.69. The zero-order valence-corrected chi connectivity index (χ0v) is 37.3. The molecular formula is C51H95NO4. The fourth-order valence-electron chi connectivity index (χ4n) is 7.31. The Labute approximate surface area is 348 Å². The van der Waals surface area contributed by atoms with Gasteiger partial charge in [0.05, 0.1) is 31.3 Å². The molecule has 0 aliphatic rings.